The summed E-state index contributed by atoms with van der Waals surface area (Å²) in [6, 6.07) is 9.82. The summed E-state index contributed by atoms with van der Waals surface area (Å²) in [6.07, 6.45) is 10.6. The number of halogens is 1. The standard InChI is InChI=1S/C22H25FN4OS/c1-2-13-29-22(25-14-17-9-5-3-6-10-17)27-20-19(23)15-24-21(26-20)28-16-18-11-7-4-8-12-18/h4-5,7-12,15H,2-3,6,13-14,16H2,1H3,(H,24,25,26,27). The first-order valence-corrected chi connectivity index (χ1v) is 10.7. The van der Waals surface area contributed by atoms with Gasteiger partial charge in [0.25, 0.3) is 0 Å². The summed E-state index contributed by atoms with van der Waals surface area (Å²) in [5.74, 6) is 0.405. The Hall–Kier alpha value is -2.67. The minimum absolute atomic E-state index is 0.0681. The molecule has 5 nitrogen and oxygen atoms in total. The van der Waals surface area contributed by atoms with E-state index in [1.165, 1.54) is 5.57 Å². The van der Waals surface area contributed by atoms with E-state index in [0.717, 1.165) is 36.8 Å². The molecule has 1 aliphatic rings. The smallest absolute Gasteiger partial charge is 0.318 e. The van der Waals surface area contributed by atoms with Crippen LogP contribution >= 0.6 is 11.8 Å². The summed E-state index contributed by atoms with van der Waals surface area (Å²) in [4.78, 5) is 12.7. The molecular weight excluding hydrogens is 387 g/mol. The zero-order valence-corrected chi connectivity index (χ0v) is 17.3. The molecule has 0 spiro atoms. The summed E-state index contributed by atoms with van der Waals surface area (Å²) < 4.78 is 19.9. The lowest BCUT2D eigenvalue weighted by Gasteiger charge is -2.11. The number of nitrogens with one attached hydrogen (secondary N) is 1. The van der Waals surface area contributed by atoms with Gasteiger partial charge in [0, 0.05) is 5.75 Å². The maximum absolute atomic E-state index is 14.3. The van der Waals surface area contributed by atoms with Crippen LogP contribution in [0.25, 0.3) is 0 Å². The Bertz CT molecular complexity index is 884. The van der Waals surface area contributed by atoms with Gasteiger partial charge in [-0.3, -0.25) is 4.99 Å². The zero-order valence-electron chi connectivity index (χ0n) is 16.5. The van der Waals surface area contributed by atoms with E-state index in [9.17, 15) is 4.39 Å². The van der Waals surface area contributed by atoms with Gasteiger partial charge in [-0.25, -0.2) is 9.37 Å². The second-order valence-corrected chi connectivity index (χ2v) is 7.56. The molecule has 0 aliphatic heterocycles. The maximum atomic E-state index is 14.3. The van der Waals surface area contributed by atoms with E-state index in [1.807, 2.05) is 30.3 Å². The summed E-state index contributed by atoms with van der Waals surface area (Å²) in [6.45, 7) is 2.97. The number of hydrogen-bond donors (Lipinski definition) is 1. The van der Waals surface area contributed by atoms with Crippen LogP contribution in [0.3, 0.4) is 0 Å². The summed E-state index contributed by atoms with van der Waals surface area (Å²) in [5, 5.41) is 3.65. The molecule has 0 amide bonds. The van der Waals surface area contributed by atoms with E-state index in [1.54, 1.807) is 11.8 Å². The minimum Gasteiger partial charge on any atom is -0.459 e. The predicted octanol–water partition coefficient (Wildman–Crippen LogP) is 5.38. The topological polar surface area (TPSA) is 59.4 Å². The molecule has 3 rings (SSSR count). The molecule has 0 fully saturated rings. The SMILES string of the molecule is CCCSC(=NCC1=CCCC=C1)Nc1nc(OCc2ccccc2)ncc1F. The molecule has 7 heteroatoms. The highest BCUT2D eigenvalue weighted by Crippen LogP contribution is 2.18. The van der Waals surface area contributed by atoms with Crippen molar-refractivity contribution in [3.8, 4) is 6.01 Å². The van der Waals surface area contributed by atoms with Crippen molar-refractivity contribution < 1.29 is 9.13 Å². The van der Waals surface area contributed by atoms with Crippen LogP contribution in [0.5, 0.6) is 6.01 Å². The second-order valence-electron chi connectivity index (χ2n) is 6.48. The van der Waals surface area contributed by atoms with Gasteiger partial charge in [-0.05, 0) is 30.4 Å². The Morgan fingerprint density at radius 2 is 2.14 bits per heavy atom. The van der Waals surface area contributed by atoms with Crippen LogP contribution in [0, 0.1) is 5.82 Å². The molecule has 1 aromatic heterocycles. The summed E-state index contributed by atoms with van der Waals surface area (Å²) in [7, 11) is 0. The molecule has 1 heterocycles. The van der Waals surface area contributed by atoms with E-state index in [4.69, 9.17) is 4.74 Å². The lowest BCUT2D eigenvalue weighted by atomic mass is 10.1. The van der Waals surface area contributed by atoms with E-state index < -0.39 is 5.82 Å². The third-order valence-electron chi connectivity index (χ3n) is 4.08. The minimum atomic E-state index is -0.543. The number of nitrogens with zero attached hydrogens (tertiary/aromatic N) is 3. The number of thioether (sulfide) groups is 1. The van der Waals surface area contributed by atoms with Crippen LogP contribution in [-0.4, -0.2) is 27.4 Å². The number of ether oxygens (including phenoxy) is 1. The molecule has 0 bridgehead atoms. The quantitative estimate of drug-likeness (QED) is 0.466. The van der Waals surface area contributed by atoms with Gasteiger partial charge in [0.05, 0.1) is 12.7 Å². The first kappa shape index (κ1) is 21.0. The summed E-state index contributed by atoms with van der Waals surface area (Å²) >= 11 is 1.55. The highest BCUT2D eigenvalue weighted by molar-refractivity contribution is 8.14. The fourth-order valence-electron chi connectivity index (χ4n) is 2.60. The van der Waals surface area contributed by atoms with Crippen molar-refractivity contribution in [2.45, 2.75) is 32.8 Å². The molecule has 1 N–H and O–H groups in total. The third-order valence-corrected chi connectivity index (χ3v) is 5.19. The van der Waals surface area contributed by atoms with Crippen molar-refractivity contribution in [2.75, 3.05) is 17.6 Å². The Kier molecular flexibility index (Phi) is 8.25. The Morgan fingerprint density at radius 1 is 1.28 bits per heavy atom. The normalized spacial score (nSPS) is 13.9. The average Bonchev–Trinajstić information content (AvgIpc) is 2.77. The molecular formula is C22H25FN4OS. The van der Waals surface area contributed by atoms with Crippen LogP contribution in [0.4, 0.5) is 10.2 Å². The zero-order chi connectivity index (χ0) is 20.3. The van der Waals surface area contributed by atoms with E-state index in [2.05, 4.69) is 45.4 Å². The molecule has 2 aromatic rings. The number of anilines is 1. The molecule has 0 unspecified atom stereocenters. The van der Waals surface area contributed by atoms with E-state index in [0.29, 0.717) is 18.3 Å². The average molecular weight is 413 g/mol. The van der Waals surface area contributed by atoms with Crippen molar-refractivity contribution in [1.82, 2.24) is 9.97 Å². The van der Waals surface area contributed by atoms with Crippen molar-refractivity contribution in [3.05, 3.63) is 71.7 Å². The van der Waals surface area contributed by atoms with Gasteiger partial charge in [0.1, 0.15) is 6.61 Å². The number of aromatic nitrogens is 2. The van der Waals surface area contributed by atoms with Crippen molar-refractivity contribution in [2.24, 2.45) is 4.99 Å². The van der Waals surface area contributed by atoms with Gasteiger partial charge in [-0.2, -0.15) is 4.98 Å². The number of hydrogen-bond acceptors (Lipinski definition) is 5. The Morgan fingerprint density at radius 3 is 2.90 bits per heavy atom. The van der Waals surface area contributed by atoms with Gasteiger partial charge in [0.15, 0.2) is 16.8 Å². The van der Waals surface area contributed by atoms with Gasteiger partial charge in [-0.1, -0.05) is 67.2 Å². The van der Waals surface area contributed by atoms with Gasteiger partial charge < -0.3 is 10.1 Å². The van der Waals surface area contributed by atoms with Gasteiger partial charge >= 0.3 is 6.01 Å². The lowest BCUT2D eigenvalue weighted by Crippen LogP contribution is -2.14. The highest BCUT2D eigenvalue weighted by Gasteiger charge is 2.11. The van der Waals surface area contributed by atoms with Crippen LogP contribution < -0.4 is 10.1 Å². The Balaban J connectivity index is 1.68. The molecule has 152 valence electrons. The second kappa shape index (κ2) is 11.4. The van der Waals surface area contributed by atoms with Gasteiger partial charge in [0.2, 0.25) is 0 Å². The monoisotopic (exact) mass is 412 g/mol. The lowest BCUT2D eigenvalue weighted by molar-refractivity contribution is 0.280. The molecule has 29 heavy (non-hydrogen) atoms. The molecule has 0 radical (unpaired) electrons. The van der Waals surface area contributed by atoms with E-state index >= 15 is 0 Å². The number of amidine groups is 1. The molecule has 0 saturated carbocycles. The summed E-state index contributed by atoms with van der Waals surface area (Å²) in [5.41, 5.74) is 2.16. The highest BCUT2D eigenvalue weighted by atomic mass is 32.2. The predicted molar refractivity (Wildman–Crippen MR) is 118 cm³/mol. The first-order valence-electron chi connectivity index (χ1n) is 9.73. The molecule has 0 saturated heterocycles. The number of rotatable bonds is 8. The first-order chi connectivity index (χ1) is 14.2. The fraction of sp³-hybridized carbons (Fsp3) is 0.318. The van der Waals surface area contributed by atoms with E-state index in [-0.39, 0.29) is 11.8 Å². The van der Waals surface area contributed by atoms with Gasteiger partial charge in [-0.15, -0.1) is 0 Å². The van der Waals surface area contributed by atoms with Crippen LogP contribution in [0.15, 0.2) is 65.3 Å². The van der Waals surface area contributed by atoms with Crippen LogP contribution in [-0.2, 0) is 6.61 Å². The Labute approximate surface area is 175 Å². The van der Waals surface area contributed by atoms with Crippen molar-refractivity contribution in [3.63, 3.8) is 0 Å². The largest absolute Gasteiger partial charge is 0.459 e. The number of benzene rings is 1. The maximum Gasteiger partial charge on any atom is 0.318 e. The molecule has 1 aromatic carbocycles. The van der Waals surface area contributed by atoms with Crippen molar-refractivity contribution >= 4 is 22.7 Å². The van der Waals surface area contributed by atoms with Crippen LogP contribution in [0.1, 0.15) is 31.7 Å². The van der Waals surface area contributed by atoms with Crippen molar-refractivity contribution in [1.29, 1.82) is 0 Å². The fourth-order valence-corrected chi connectivity index (χ4v) is 3.32. The number of allylic oxidation sites excluding steroid dienone is 2. The molecule has 0 atom stereocenters. The molecule has 1 aliphatic carbocycles. The third kappa shape index (κ3) is 7.02. The number of aliphatic imine (C=N–C) groups is 1. The van der Waals surface area contributed by atoms with Crippen LogP contribution in [0.2, 0.25) is 0 Å².